The SMILES string of the molecule is C[C@H]1C[C@@H](C(F)F)n2nc(C(=O)[O-])nc2N1. The van der Waals surface area contributed by atoms with E-state index in [0.717, 1.165) is 4.68 Å². The Bertz CT molecular complexity index is 420. The van der Waals surface area contributed by atoms with Crippen LogP contribution < -0.4 is 10.4 Å². The van der Waals surface area contributed by atoms with Gasteiger partial charge in [-0.1, -0.05) is 0 Å². The first-order chi connectivity index (χ1) is 7.49. The van der Waals surface area contributed by atoms with Crippen molar-refractivity contribution in [2.75, 3.05) is 5.32 Å². The number of carboxylic acid groups (broad SMARTS) is 1. The second-order valence-corrected chi connectivity index (χ2v) is 3.67. The van der Waals surface area contributed by atoms with Crippen LogP contribution in [-0.2, 0) is 0 Å². The average molecular weight is 231 g/mol. The second-order valence-electron chi connectivity index (χ2n) is 3.67. The lowest BCUT2D eigenvalue weighted by Crippen LogP contribution is -2.34. The summed E-state index contributed by atoms with van der Waals surface area (Å²) >= 11 is 0. The summed E-state index contributed by atoms with van der Waals surface area (Å²) in [6.45, 7) is 1.71. The van der Waals surface area contributed by atoms with Crippen LogP contribution in [0.2, 0.25) is 0 Å². The fraction of sp³-hybridized carbons (Fsp3) is 0.625. The molecule has 0 bridgehead atoms. The van der Waals surface area contributed by atoms with E-state index in [0.29, 0.717) is 0 Å². The van der Waals surface area contributed by atoms with Gasteiger partial charge in [0.05, 0.1) is 0 Å². The molecule has 2 heterocycles. The number of carboxylic acids is 1. The van der Waals surface area contributed by atoms with Gasteiger partial charge < -0.3 is 15.2 Å². The number of aromatic carboxylic acids is 1. The fourth-order valence-corrected chi connectivity index (χ4v) is 1.69. The van der Waals surface area contributed by atoms with E-state index in [9.17, 15) is 18.7 Å². The van der Waals surface area contributed by atoms with Gasteiger partial charge in [0.15, 0.2) is 5.82 Å². The van der Waals surface area contributed by atoms with E-state index in [1.807, 2.05) is 0 Å². The molecule has 0 spiro atoms. The third-order valence-electron chi connectivity index (χ3n) is 2.39. The van der Waals surface area contributed by atoms with Crippen LogP contribution >= 0.6 is 0 Å². The molecule has 16 heavy (non-hydrogen) atoms. The number of anilines is 1. The van der Waals surface area contributed by atoms with Crippen molar-refractivity contribution in [3.05, 3.63) is 5.82 Å². The predicted molar refractivity (Wildman–Crippen MR) is 47.1 cm³/mol. The largest absolute Gasteiger partial charge is 0.541 e. The van der Waals surface area contributed by atoms with E-state index in [1.165, 1.54) is 0 Å². The molecular formula is C8H9F2N4O2-. The Morgan fingerprint density at radius 3 is 2.94 bits per heavy atom. The van der Waals surface area contributed by atoms with Gasteiger partial charge in [-0.25, -0.2) is 13.5 Å². The van der Waals surface area contributed by atoms with Gasteiger partial charge in [-0.15, -0.1) is 5.10 Å². The zero-order valence-electron chi connectivity index (χ0n) is 8.35. The van der Waals surface area contributed by atoms with Crippen molar-refractivity contribution in [1.82, 2.24) is 14.8 Å². The molecular weight excluding hydrogens is 222 g/mol. The third-order valence-corrected chi connectivity index (χ3v) is 2.39. The van der Waals surface area contributed by atoms with E-state index in [-0.39, 0.29) is 18.4 Å². The summed E-state index contributed by atoms with van der Waals surface area (Å²) in [5.41, 5.74) is 0. The molecule has 0 unspecified atom stereocenters. The molecule has 0 saturated carbocycles. The monoisotopic (exact) mass is 231 g/mol. The zero-order valence-corrected chi connectivity index (χ0v) is 8.35. The number of alkyl halides is 2. The minimum atomic E-state index is -2.61. The summed E-state index contributed by atoms with van der Waals surface area (Å²) in [5, 5.41) is 16.8. The lowest BCUT2D eigenvalue weighted by molar-refractivity contribution is -0.256. The number of hydrogen-bond acceptors (Lipinski definition) is 5. The van der Waals surface area contributed by atoms with Crippen molar-refractivity contribution in [3.8, 4) is 0 Å². The molecule has 2 atom stereocenters. The number of hydrogen-bond donors (Lipinski definition) is 1. The average Bonchev–Trinajstić information content (AvgIpc) is 2.59. The third kappa shape index (κ3) is 1.70. The minimum Gasteiger partial charge on any atom is -0.541 e. The van der Waals surface area contributed by atoms with E-state index in [2.05, 4.69) is 15.4 Å². The highest BCUT2D eigenvalue weighted by atomic mass is 19.3. The number of nitrogens with zero attached hydrogens (tertiary/aromatic N) is 3. The number of rotatable bonds is 2. The number of fused-ring (bicyclic) bond motifs is 1. The normalized spacial score (nSPS) is 24.0. The van der Waals surface area contributed by atoms with Crippen LogP contribution in [0.5, 0.6) is 0 Å². The molecule has 0 saturated heterocycles. The molecule has 0 radical (unpaired) electrons. The Morgan fingerprint density at radius 1 is 1.69 bits per heavy atom. The first-order valence-electron chi connectivity index (χ1n) is 4.71. The summed E-state index contributed by atoms with van der Waals surface area (Å²) in [7, 11) is 0. The lowest BCUT2D eigenvalue weighted by atomic mass is 10.1. The topological polar surface area (TPSA) is 82.9 Å². The first-order valence-corrected chi connectivity index (χ1v) is 4.71. The van der Waals surface area contributed by atoms with Crippen molar-refractivity contribution in [1.29, 1.82) is 0 Å². The molecule has 1 aliphatic heterocycles. The highest BCUT2D eigenvalue weighted by Gasteiger charge is 2.33. The maximum absolute atomic E-state index is 12.7. The number of aromatic nitrogens is 3. The maximum Gasteiger partial charge on any atom is 0.260 e. The van der Waals surface area contributed by atoms with E-state index in [1.54, 1.807) is 6.92 Å². The predicted octanol–water partition coefficient (Wildman–Crippen LogP) is -0.348. The second kappa shape index (κ2) is 3.69. The summed E-state index contributed by atoms with van der Waals surface area (Å²) in [6, 6.07) is -1.35. The van der Waals surface area contributed by atoms with Crippen molar-refractivity contribution in [2.24, 2.45) is 0 Å². The van der Waals surface area contributed by atoms with Gasteiger partial charge in [-0.3, -0.25) is 0 Å². The Labute approximate surface area is 89.3 Å². The van der Waals surface area contributed by atoms with Crippen LogP contribution in [-0.4, -0.2) is 33.2 Å². The van der Waals surface area contributed by atoms with Crippen molar-refractivity contribution in [3.63, 3.8) is 0 Å². The van der Waals surface area contributed by atoms with Crippen molar-refractivity contribution < 1.29 is 18.7 Å². The van der Waals surface area contributed by atoms with E-state index >= 15 is 0 Å². The Hall–Kier alpha value is -1.73. The first kappa shape index (κ1) is 10.8. The van der Waals surface area contributed by atoms with Crippen molar-refractivity contribution >= 4 is 11.9 Å². The Morgan fingerprint density at radius 2 is 2.38 bits per heavy atom. The number of carbonyl (C=O) groups excluding carboxylic acids is 1. The smallest absolute Gasteiger partial charge is 0.260 e. The molecule has 8 heteroatoms. The van der Waals surface area contributed by atoms with Gasteiger partial charge in [0.25, 0.3) is 6.43 Å². The highest BCUT2D eigenvalue weighted by molar-refractivity contribution is 5.81. The van der Waals surface area contributed by atoms with Crippen LogP contribution in [0.3, 0.4) is 0 Å². The Balaban J connectivity index is 2.41. The van der Waals surface area contributed by atoms with Gasteiger partial charge in [-0.05, 0) is 13.3 Å². The van der Waals surface area contributed by atoms with Gasteiger partial charge >= 0.3 is 0 Å². The lowest BCUT2D eigenvalue weighted by Gasteiger charge is -2.28. The summed E-state index contributed by atoms with van der Waals surface area (Å²) in [5.74, 6) is -2.12. The molecule has 0 aromatic carbocycles. The molecule has 0 fully saturated rings. The summed E-state index contributed by atoms with van der Waals surface area (Å²) < 4.78 is 26.3. The molecule has 1 aliphatic rings. The molecule has 1 aromatic heterocycles. The molecule has 2 rings (SSSR count). The molecule has 6 nitrogen and oxygen atoms in total. The van der Waals surface area contributed by atoms with Crippen LogP contribution in [0.25, 0.3) is 0 Å². The molecule has 1 N–H and O–H groups in total. The van der Waals surface area contributed by atoms with Gasteiger partial charge in [-0.2, -0.15) is 4.98 Å². The molecule has 0 aliphatic carbocycles. The number of carbonyl (C=O) groups is 1. The van der Waals surface area contributed by atoms with Crippen LogP contribution in [0, 0.1) is 0 Å². The molecule has 1 aromatic rings. The molecule has 0 amide bonds. The van der Waals surface area contributed by atoms with E-state index in [4.69, 9.17) is 0 Å². The van der Waals surface area contributed by atoms with Crippen LogP contribution in [0.4, 0.5) is 14.7 Å². The van der Waals surface area contributed by atoms with Crippen molar-refractivity contribution in [2.45, 2.75) is 31.9 Å². The quantitative estimate of drug-likeness (QED) is 0.752. The number of halogens is 2. The maximum atomic E-state index is 12.7. The van der Waals surface area contributed by atoms with Crippen LogP contribution in [0.1, 0.15) is 30.0 Å². The zero-order chi connectivity index (χ0) is 11.9. The summed E-state index contributed by atoms with van der Waals surface area (Å²) in [4.78, 5) is 14.1. The fourth-order valence-electron chi connectivity index (χ4n) is 1.69. The summed E-state index contributed by atoms with van der Waals surface area (Å²) in [6.07, 6.45) is -2.44. The van der Waals surface area contributed by atoms with Gasteiger partial charge in [0.2, 0.25) is 5.95 Å². The Kier molecular flexibility index (Phi) is 2.49. The van der Waals surface area contributed by atoms with Crippen LogP contribution in [0.15, 0.2) is 0 Å². The number of nitrogens with one attached hydrogen (secondary N) is 1. The molecule has 88 valence electrons. The van der Waals surface area contributed by atoms with E-state index < -0.39 is 24.3 Å². The van der Waals surface area contributed by atoms with Gasteiger partial charge in [0.1, 0.15) is 12.0 Å². The van der Waals surface area contributed by atoms with Gasteiger partial charge in [0, 0.05) is 6.04 Å². The minimum absolute atomic E-state index is 0.0447. The standard InChI is InChI=1S/C8H10F2N4O2/c1-3-2-4(5(9)10)14-8(11-3)12-6(13-14)7(15)16/h3-5H,2H2,1H3,(H,15,16)(H,11,12,13)/p-1/t3-,4-/m0/s1. The highest BCUT2D eigenvalue weighted by Crippen LogP contribution is 2.29.